The Bertz CT molecular complexity index is 1510. The van der Waals surface area contributed by atoms with Crippen molar-refractivity contribution in [2.45, 2.75) is 64.1 Å². The van der Waals surface area contributed by atoms with Gasteiger partial charge < -0.3 is 24.6 Å². The van der Waals surface area contributed by atoms with E-state index < -0.39 is 11.7 Å². The summed E-state index contributed by atoms with van der Waals surface area (Å²) in [6, 6.07) is 17.6. The van der Waals surface area contributed by atoms with E-state index in [0.717, 1.165) is 41.9 Å². The van der Waals surface area contributed by atoms with Crippen LogP contribution in [0.4, 0.5) is 16.2 Å². The summed E-state index contributed by atoms with van der Waals surface area (Å²) < 4.78 is 11.2. The second-order valence-electron chi connectivity index (χ2n) is 12.4. The highest BCUT2D eigenvalue weighted by Crippen LogP contribution is 2.42. The van der Waals surface area contributed by atoms with Gasteiger partial charge in [0, 0.05) is 68.8 Å². The third kappa shape index (κ3) is 5.18. The molecule has 1 N–H and O–H groups in total. The highest BCUT2D eigenvalue weighted by atomic mass is 16.6. The van der Waals surface area contributed by atoms with E-state index in [0.29, 0.717) is 24.7 Å². The van der Waals surface area contributed by atoms with Crippen molar-refractivity contribution < 1.29 is 14.3 Å². The number of ether oxygens (including phenoxy) is 2. The van der Waals surface area contributed by atoms with Crippen LogP contribution in [0.2, 0.25) is 0 Å². The van der Waals surface area contributed by atoms with Crippen LogP contribution in [0.3, 0.4) is 0 Å². The molecule has 3 aromatic rings. The lowest BCUT2D eigenvalue weighted by molar-refractivity contribution is 0.0417. The number of aromatic nitrogens is 1. The van der Waals surface area contributed by atoms with E-state index in [1.165, 1.54) is 11.1 Å². The normalized spacial score (nSPS) is 24.2. The summed E-state index contributed by atoms with van der Waals surface area (Å²) in [7, 11) is 1.69. The molecule has 0 aliphatic carbocycles. The number of nitriles is 1. The number of carbonyl (C=O) groups excluding carboxylic acids is 1. The van der Waals surface area contributed by atoms with Gasteiger partial charge in [-0.3, -0.25) is 9.88 Å². The Hall–Kier alpha value is -3.87. The molecule has 214 valence electrons. The van der Waals surface area contributed by atoms with Gasteiger partial charge in [-0.15, -0.1) is 0 Å². The van der Waals surface area contributed by atoms with Gasteiger partial charge in [-0.25, -0.2) is 4.79 Å². The molecule has 2 aromatic carbocycles. The molecule has 9 nitrogen and oxygen atoms in total. The first-order chi connectivity index (χ1) is 19.6. The minimum atomic E-state index is -0.548. The zero-order valence-electron chi connectivity index (χ0n) is 24.4. The number of nitrogens with one attached hydrogen (secondary N) is 1. The highest BCUT2D eigenvalue weighted by molar-refractivity contribution is 5.95. The molecule has 6 rings (SSSR count). The first-order valence-corrected chi connectivity index (χ1v) is 14.3. The molecule has 1 aromatic heterocycles. The van der Waals surface area contributed by atoms with Gasteiger partial charge in [-0.1, -0.05) is 6.07 Å². The largest absolute Gasteiger partial charge is 0.444 e. The number of piperazine rings is 1. The smallest absolute Gasteiger partial charge is 0.408 e. The zero-order chi connectivity index (χ0) is 28.9. The molecule has 3 aliphatic heterocycles. The Morgan fingerprint density at radius 3 is 2.68 bits per heavy atom. The van der Waals surface area contributed by atoms with Gasteiger partial charge in [-0.2, -0.15) is 5.26 Å². The highest BCUT2D eigenvalue weighted by Gasteiger charge is 2.40. The molecular weight excluding hydrogens is 516 g/mol. The molecule has 9 heteroatoms. The van der Waals surface area contributed by atoms with Gasteiger partial charge in [0.1, 0.15) is 11.7 Å². The van der Waals surface area contributed by atoms with Crippen LogP contribution in [0, 0.1) is 11.3 Å². The van der Waals surface area contributed by atoms with Gasteiger partial charge in [0.05, 0.1) is 29.3 Å². The predicted octanol–water partition coefficient (Wildman–Crippen LogP) is 4.60. The maximum Gasteiger partial charge on any atom is 0.408 e. The monoisotopic (exact) mass is 554 g/mol. The number of anilines is 2. The fourth-order valence-corrected chi connectivity index (χ4v) is 6.65. The number of methoxy groups -OCH3 is 1. The molecule has 0 bridgehead atoms. The molecule has 1 amide bonds. The first kappa shape index (κ1) is 27.3. The second kappa shape index (κ2) is 10.5. The van der Waals surface area contributed by atoms with Gasteiger partial charge >= 0.3 is 6.09 Å². The number of fused-ring (bicyclic) bond motifs is 4. The molecule has 2 fully saturated rings. The Labute approximate surface area is 241 Å². The predicted molar refractivity (Wildman–Crippen MR) is 159 cm³/mol. The summed E-state index contributed by atoms with van der Waals surface area (Å²) >= 11 is 0. The topological polar surface area (TPSA) is 94.0 Å². The van der Waals surface area contributed by atoms with Crippen LogP contribution in [0.5, 0.6) is 0 Å². The average molecular weight is 555 g/mol. The molecule has 2 unspecified atom stereocenters. The van der Waals surface area contributed by atoms with Crippen LogP contribution in [-0.2, 0) is 16.0 Å². The van der Waals surface area contributed by atoms with Crippen molar-refractivity contribution in [2.75, 3.05) is 43.1 Å². The Morgan fingerprint density at radius 1 is 1.10 bits per heavy atom. The van der Waals surface area contributed by atoms with Crippen molar-refractivity contribution in [1.29, 1.82) is 5.26 Å². The number of hydrogen-bond donors (Lipinski definition) is 1. The van der Waals surface area contributed by atoms with Gasteiger partial charge in [0.25, 0.3) is 0 Å². The Balaban J connectivity index is 1.21. The van der Waals surface area contributed by atoms with Crippen molar-refractivity contribution in [3.8, 4) is 6.07 Å². The number of amides is 1. The van der Waals surface area contributed by atoms with Crippen LogP contribution >= 0.6 is 0 Å². The van der Waals surface area contributed by atoms with E-state index in [2.05, 4.69) is 68.3 Å². The first-order valence-electron chi connectivity index (χ1n) is 14.3. The van der Waals surface area contributed by atoms with Gasteiger partial charge in [-0.05, 0) is 75.2 Å². The van der Waals surface area contributed by atoms with Crippen molar-refractivity contribution >= 4 is 28.4 Å². The van der Waals surface area contributed by atoms with Crippen molar-refractivity contribution in [3.05, 3.63) is 65.4 Å². The van der Waals surface area contributed by atoms with Crippen LogP contribution in [0.15, 0.2) is 48.7 Å². The number of pyridine rings is 1. The second-order valence-corrected chi connectivity index (χ2v) is 12.4. The molecule has 41 heavy (non-hydrogen) atoms. The van der Waals surface area contributed by atoms with E-state index in [9.17, 15) is 10.1 Å². The van der Waals surface area contributed by atoms with E-state index >= 15 is 0 Å². The van der Waals surface area contributed by atoms with Crippen molar-refractivity contribution in [1.82, 2.24) is 15.2 Å². The minimum absolute atomic E-state index is 0.118. The standard InChI is InChI=1S/C32H38N6O3/c1-20-15-37(27-11-8-21(14-33)30-25(27)7-6-12-34-30)18-28-24-10-9-23(13-22(24)16-38(20)28)36-17-26(29(19-36)40-5)35-31(39)41-32(2,3)4/h6-13,20,26,28-29H,15-19H2,1-5H3,(H,35,39)/t20-,26?,28-,29?/m1/s1. The van der Waals surface area contributed by atoms with E-state index in [4.69, 9.17) is 9.47 Å². The van der Waals surface area contributed by atoms with Crippen molar-refractivity contribution in [2.24, 2.45) is 0 Å². The van der Waals surface area contributed by atoms with E-state index in [-0.39, 0.29) is 18.2 Å². The molecular formula is C32H38N6O3. The number of hydrogen-bond acceptors (Lipinski definition) is 8. The third-order valence-electron chi connectivity index (χ3n) is 8.53. The maximum absolute atomic E-state index is 12.4. The van der Waals surface area contributed by atoms with E-state index in [1.807, 2.05) is 32.9 Å². The quantitative estimate of drug-likeness (QED) is 0.500. The fraction of sp³-hybridized carbons (Fsp3) is 0.469. The number of carbonyl (C=O) groups is 1. The molecule has 3 aliphatic rings. The summed E-state index contributed by atoms with van der Waals surface area (Å²) in [5.41, 5.74) is 5.82. The molecule has 0 spiro atoms. The lowest BCUT2D eigenvalue weighted by atomic mass is 9.99. The minimum Gasteiger partial charge on any atom is -0.444 e. The van der Waals surface area contributed by atoms with Crippen LogP contribution in [0.1, 0.15) is 50.4 Å². The SMILES string of the molecule is COC1CN(c2ccc3c(c2)CN2[C@H](C)CN(c4ccc(C#N)c5ncccc45)C[C@H]32)CC1NC(=O)OC(C)(C)C. The van der Waals surface area contributed by atoms with Crippen LogP contribution in [0.25, 0.3) is 10.9 Å². The van der Waals surface area contributed by atoms with Crippen LogP contribution < -0.4 is 15.1 Å². The molecule has 4 atom stereocenters. The summed E-state index contributed by atoms with van der Waals surface area (Å²) in [4.78, 5) is 24.3. The summed E-state index contributed by atoms with van der Waals surface area (Å²) in [6.45, 7) is 12.0. The Kier molecular flexibility index (Phi) is 7.00. The summed E-state index contributed by atoms with van der Waals surface area (Å²) in [5.74, 6) is 0. The summed E-state index contributed by atoms with van der Waals surface area (Å²) in [5, 5.41) is 13.6. The molecule has 0 radical (unpaired) electrons. The lowest BCUT2D eigenvalue weighted by Crippen LogP contribution is -2.51. The number of alkyl carbamates (subject to hydrolysis) is 1. The number of nitrogens with zero attached hydrogens (tertiary/aromatic N) is 5. The molecule has 4 heterocycles. The maximum atomic E-state index is 12.4. The van der Waals surface area contributed by atoms with Gasteiger partial charge in [0.15, 0.2) is 0 Å². The average Bonchev–Trinajstić information content (AvgIpc) is 3.52. The van der Waals surface area contributed by atoms with Crippen LogP contribution in [-0.4, -0.2) is 73.1 Å². The van der Waals surface area contributed by atoms with Gasteiger partial charge in [0.2, 0.25) is 0 Å². The third-order valence-corrected chi connectivity index (χ3v) is 8.53. The van der Waals surface area contributed by atoms with Crippen molar-refractivity contribution in [3.63, 3.8) is 0 Å². The Morgan fingerprint density at radius 2 is 1.93 bits per heavy atom. The zero-order valence-corrected chi connectivity index (χ0v) is 24.4. The van der Waals surface area contributed by atoms with E-state index in [1.54, 1.807) is 13.3 Å². The number of rotatable bonds is 4. The molecule has 2 saturated heterocycles. The summed E-state index contributed by atoms with van der Waals surface area (Å²) in [6.07, 6.45) is 1.22. The number of benzene rings is 2. The lowest BCUT2D eigenvalue weighted by Gasteiger charge is -2.43. The fourth-order valence-electron chi connectivity index (χ4n) is 6.65. The molecule has 0 saturated carbocycles.